The van der Waals surface area contributed by atoms with Crippen molar-refractivity contribution in [2.24, 2.45) is 11.8 Å². The van der Waals surface area contributed by atoms with Crippen LogP contribution in [0.15, 0.2) is 10.9 Å². The van der Waals surface area contributed by atoms with Crippen LogP contribution in [0.2, 0.25) is 0 Å². The van der Waals surface area contributed by atoms with Gasteiger partial charge in [-0.1, -0.05) is 6.92 Å². The summed E-state index contributed by atoms with van der Waals surface area (Å²) < 4.78 is 0. The van der Waals surface area contributed by atoms with E-state index >= 15 is 0 Å². The van der Waals surface area contributed by atoms with E-state index in [1.54, 1.807) is 5.51 Å². The Bertz CT molecular complexity index is 293. The van der Waals surface area contributed by atoms with E-state index in [9.17, 15) is 4.79 Å². The van der Waals surface area contributed by atoms with E-state index in [0.717, 1.165) is 13.1 Å². The monoisotopic (exact) mass is 196 g/mol. The minimum Gasteiger partial charge on any atom is -0.316 e. The number of carbonyl (C=O) groups is 1. The van der Waals surface area contributed by atoms with Crippen molar-refractivity contribution in [1.82, 2.24) is 10.3 Å². The van der Waals surface area contributed by atoms with Gasteiger partial charge in [0.05, 0.1) is 5.51 Å². The standard InChI is InChI=1S/C9H12N2OS/c1-6(7-2-10-3-7)9(12)8-4-13-5-11-8/h4-7,10H,2-3H2,1H3. The van der Waals surface area contributed by atoms with Gasteiger partial charge in [-0.3, -0.25) is 4.79 Å². The van der Waals surface area contributed by atoms with E-state index in [-0.39, 0.29) is 11.7 Å². The molecule has 1 aliphatic heterocycles. The lowest BCUT2D eigenvalue weighted by Crippen LogP contribution is -2.47. The van der Waals surface area contributed by atoms with Crippen molar-refractivity contribution in [3.05, 3.63) is 16.6 Å². The van der Waals surface area contributed by atoms with Gasteiger partial charge in [-0.2, -0.15) is 0 Å². The molecule has 70 valence electrons. The molecule has 0 aliphatic carbocycles. The van der Waals surface area contributed by atoms with Crippen molar-refractivity contribution in [1.29, 1.82) is 0 Å². The molecule has 13 heavy (non-hydrogen) atoms. The third-order valence-electron chi connectivity index (χ3n) is 2.62. The zero-order chi connectivity index (χ0) is 9.26. The molecular formula is C9H12N2OS. The summed E-state index contributed by atoms with van der Waals surface area (Å²) in [5, 5.41) is 5.00. The molecule has 0 radical (unpaired) electrons. The largest absolute Gasteiger partial charge is 0.316 e. The molecule has 0 saturated carbocycles. The van der Waals surface area contributed by atoms with Gasteiger partial charge in [0.1, 0.15) is 5.69 Å². The number of carbonyl (C=O) groups excluding carboxylic acids is 1. The Hall–Kier alpha value is -0.740. The molecule has 0 amide bonds. The summed E-state index contributed by atoms with van der Waals surface area (Å²) >= 11 is 1.48. The molecule has 1 atom stereocenters. The lowest BCUT2D eigenvalue weighted by atomic mass is 9.85. The highest BCUT2D eigenvalue weighted by Crippen LogP contribution is 2.20. The molecule has 1 unspecified atom stereocenters. The van der Waals surface area contributed by atoms with E-state index in [1.165, 1.54) is 11.3 Å². The van der Waals surface area contributed by atoms with Gasteiger partial charge in [0.25, 0.3) is 0 Å². The second-order valence-corrected chi connectivity index (χ2v) is 4.16. The van der Waals surface area contributed by atoms with Gasteiger partial charge in [0, 0.05) is 11.3 Å². The SMILES string of the molecule is CC(C(=O)c1cscn1)C1CNC1. The fourth-order valence-electron chi connectivity index (χ4n) is 1.45. The van der Waals surface area contributed by atoms with Gasteiger partial charge in [-0.25, -0.2) is 4.98 Å². The Kier molecular flexibility index (Phi) is 2.42. The first-order chi connectivity index (χ1) is 6.29. The Balaban J connectivity index is 2.04. The lowest BCUT2D eigenvalue weighted by molar-refractivity contribution is 0.0849. The summed E-state index contributed by atoms with van der Waals surface area (Å²) in [5.41, 5.74) is 2.34. The van der Waals surface area contributed by atoms with Gasteiger partial charge >= 0.3 is 0 Å². The zero-order valence-electron chi connectivity index (χ0n) is 7.49. The average Bonchev–Trinajstić information content (AvgIpc) is 2.51. The second-order valence-electron chi connectivity index (χ2n) is 3.44. The molecule has 0 aromatic carbocycles. The highest BCUT2D eigenvalue weighted by molar-refractivity contribution is 7.07. The van der Waals surface area contributed by atoms with Crippen LogP contribution in [0, 0.1) is 11.8 Å². The van der Waals surface area contributed by atoms with E-state index in [1.807, 2.05) is 12.3 Å². The quantitative estimate of drug-likeness (QED) is 0.738. The Morgan fingerprint density at radius 1 is 1.77 bits per heavy atom. The average molecular weight is 196 g/mol. The summed E-state index contributed by atoms with van der Waals surface area (Å²) in [6.07, 6.45) is 0. The van der Waals surface area contributed by atoms with Crippen molar-refractivity contribution in [2.45, 2.75) is 6.92 Å². The number of rotatable bonds is 3. The molecule has 0 spiro atoms. The molecule has 4 heteroatoms. The molecular weight excluding hydrogens is 184 g/mol. The molecule has 3 nitrogen and oxygen atoms in total. The van der Waals surface area contributed by atoms with Crippen LogP contribution < -0.4 is 5.32 Å². The van der Waals surface area contributed by atoms with Crippen molar-refractivity contribution in [3.8, 4) is 0 Å². The zero-order valence-corrected chi connectivity index (χ0v) is 8.30. The predicted molar refractivity (Wildman–Crippen MR) is 52.0 cm³/mol. The van der Waals surface area contributed by atoms with Crippen molar-refractivity contribution in [2.75, 3.05) is 13.1 Å². The van der Waals surface area contributed by atoms with Crippen LogP contribution in [0.5, 0.6) is 0 Å². The van der Waals surface area contributed by atoms with Crippen molar-refractivity contribution < 1.29 is 4.79 Å². The van der Waals surface area contributed by atoms with Crippen LogP contribution in [-0.2, 0) is 0 Å². The summed E-state index contributed by atoms with van der Waals surface area (Å²) in [6.45, 7) is 3.93. The smallest absolute Gasteiger partial charge is 0.185 e. The molecule has 2 heterocycles. The minimum atomic E-state index is 0.114. The molecule has 1 aliphatic rings. The highest BCUT2D eigenvalue weighted by atomic mass is 32.1. The first-order valence-electron chi connectivity index (χ1n) is 4.42. The number of hydrogen-bond acceptors (Lipinski definition) is 4. The Morgan fingerprint density at radius 3 is 3.00 bits per heavy atom. The predicted octanol–water partition coefficient (Wildman–Crippen LogP) is 1.18. The van der Waals surface area contributed by atoms with Crippen LogP contribution in [-0.4, -0.2) is 23.9 Å². The van der Waals surface area contributed by atoms with Crippen LogP contribution in [0.25, 0.3) is 0 Å². The number of aromatic nitrogens is 1. The summed E-state index contributed by atoms with van der Waals surface area (Å²) in [4.78, 5) is 15.8. The second kappa shape index (κ2) is 3.55. The van der Waals surface area contributed by atoms with Crippen LogP contribution in [0.1, 0.15) is 17.4 Å². The van der Waals surface area contributed by atoms with Gasteiger partial charge in [0.2, 0.25) is 0 Å². The summed E-state index contributed by atoms with van der Waals surface area (Å²) in [5.74, 6) is 0.810. The first kappa shape index (κ1) is 8.84. The lowest BCUT2D eigenvalue weighted by Gasteiger charge is -2.31. The maximum Gasteiger partial charge on any atom is 0.185 e. The van der Waals surface area contributed by atoms with Crippen molar-refractivity contribution in [3.63, 3.8) is 0 Å². The molecule has 1 saturated heterocycles. The molecule has 1 aromatic heterocycles. The Labute approximate surface area is 81.2 Å². The number of Topliss-reactive ketones (excluding diaryl/α,β-unsaturated/α-hetero) is 1. The maximum absolute atomic E-state index is 11.8. The van der Waals surface area contributed by atoms with Crippen LogP contribution in [0.4, 0.5) is 0 Å². The summed E-state index contributed by atoms with van der Waals surface area (Å²) in [7, 11) is 0. The van der Waals surface area contributed by atoms with Crippen LogP contribution >= 0.6 is 11.3 Å². The third-order valence-corrected chi connectivity index (χ3v) is 3.20. The van der Waals surface area contributed by atoms with Crippen molar-refractivity contribution >= 4 is 17.1 Å². The minimum absolute atomic E-state index is 0.114. The van der Waals surface area contributed by atoms with E-state index in [4.69, 9.17) is 0 Å². The first-order valence-corrected chi connectivity index (χ1v) is 5.36. The third kappa shape index (κ3) is 1.64. The number of thiazole rings is 1. The van der Waals surface area contributed by atoms with E-state index in [2.05, 4.69) is 10.3 Å². The van der Waals surface area contributed by atoms with E-state index in [0.29, 0.717) is 11.6 Å². The number of nitrogens with zero attached hydrogens (tertiary/aromatic N) is 1. The highest BCUT2D eigenvalue weighted by Gasteiger charge is 2.29. The molecule has 1 N–H and O–H groups in total. The fraction of sp³-hybridized carbons (Fsp3) is 0.556. The number of ketones is 1. The van der Waals surface area contributed by atoms with E-state index < -0.39 is 0 Å². The molecule has 0 bridgehead atoms. The number of nitrogens with one attached hydrogen (secondary N) is 1. The summed E-state index contributed by atoms with van der Waals surface area (Å²) in [6, 6.07) is 0. The van der Waals surface area contributed by atoms with Crippen LogP contribution in [0.3, 0.4) is 0 Å². The molecule has 1 fully saturated rings. The Morgan fingerprint density at radius 2 is 2.54 bits per heavy atom. The van der Waals surface area contributed by atoms with Gasteiger partial charge in [-0.05, 0) is 19.0 Å². The van der Waals surface area contributed by atoms with Gasteiger partial charge < -0.3 is 5.32 Å². The van der Waals surface area contributed by atoms with Gasteiger partial charge in [0.15, 0.2) is 5.78 Å². The molecule has 2 rings (SSSR count). The normalized spacial score (nSPS) is 19.5. The topological polar surface area (TPSA) is 42.0 Å². The van der Waals surface area contributed by atoms with Gasteiger partial charge in [-0.15, -0.1) is 11.3 Å². The fourth-order valence-corrected chi connectivity index (χ4v) is 1.99. The molecule has 1 aromatic rings. The maximum atomic E-state index is 11.8. The number of hydrogen-bond donors (Lipinski definition) is 1.